The number of halogens is 3. The largest absolute Gasteiger partial charge is 0.422 e. The van der Waals surface area contributed by atoms with Crippen LogP contribution in [0.1, 0.15) is 43.3 Å². The fourth-order valence-corrected chi connectivity index (χ4v) is 9.15. The van der Waals surface area contributed by atoms with Gasteiger partial charge in [-0.25, -0.2) is 9.55 Å². The van der Waals surface area contributed by atoms with Crippen molar-refractivity contribution in [2.75, 3.05) is 18.6 Å². The lowest BCUT2D eigenvalue weighted by Gasteiger charge is -2.28. The van der Waals surface area contributed by atoms with E-state index in [1.165, 1.54) is 41.2 Å². The third-order valence-corrected chi connectivity index (χ3v) is 11.5. The zero-order valence-corrected chi connectivity index (χ0v) is 29.5. The number of imidazole rings is 1. The lowest BCUT2D eigenvalue weighted by Crippen LogP contribution is -2.34. The van der Waals surface area contributed by atoms with Gasteiger partial charge in [0.15, 0.2) is 23.2 Å². The molecule has 6 rings (SSSR count). The second-order valence-corrected chi connectivity index (χ2v) is 15.4. The number of ether oxygens (including phenoxy) is 1. The van der Waals surface area contributed by atoms with Crippen LogP contribution in [0.3, 0.4) is 0 Å². The molecule has 1 aliphatic carbocycles. The van der Waals surface area contributed by atoms with Crippen LogP contribution in [0.25, 0.3) is 11.2 Å². The molecule has 0 amide bonds. The molecule has 14 nitrogen and oxygen atoms in total. The fraction of sp³-hybridized carbons (Fsp3) is 0.414. The molecule has 3 N–H and O–H groups in total. The zero-order valence-electron chi connectivity index (χ0n) is 25.3. The van der Waals surface area contributed by atoms with E-state index >= 15 is 0 Å². The highest BCUT2D eigenvalue weighted by Gasteiger charge is 2.48. The molecule has 19 heteroatoms. The van der Waals surface area contributed by atoms with Gasteiger partial charge >= 0.3 is 15.9 Å². The van der Waals surface area contributed by atoms with Crippen LogP contribution < -0.4 is 9.42 Å². The van der Waals surface area contributed by atoms with Gasteiger partial charge in [0.1, 0.15) is 24.1 Å². The van der Waals surface area contributed by atoms with Crippen molar-refractivity contribution in [3.8, 4) is 5.75 Å². The number of rotatable bonds is 12. The molecule has 258 valence electrons. The fourth-order valence-electron chi connectivity index (χ4n) is 5.93. The minimum Gasteiger partial charge on any atom is -0.422 e. The van der Waals surface area contributed by atoms with E-state index in [0.29, 0.717) is 11.3 Å². The third kappa shape index (κ3) is 7.55. The summed E-state index contributed by atoms with van der Waals surface area (Å²) in [6, 6.07) is 12.1. The first-order valence-corrected chi connectivity index (χ1v) is 18.9. The summed E-state index contributed by atoms with van der Waals surface area (Å²) >= 11 is 18.6. The minimum absolute atomic E-state index is 0.00435. The summed E-state index contributed by atoms with van der Waals surface area (Å²) in [6.07, 6.45) is 0.0768. The molecule has 7 atom stereocenters. The summed E-state index contributed by atoms with van der Waals surface area (Å²) in [5.41, 5.74) is 0.815. The van der Waals surface area contributed by atoms with Crippen LogP contribution in [0.2, 0.25) is 15.3 Å². The average Bonchev–Trinajstić information content (AvgIpc) is 3.79. The average molecular weight is 763 g/mol. The minimum atomic E-state index is -4.63. The van der Waals surface area contributed by atoms with Gasteiger partial charge in [-0.1, -0.05) is 54.2 Å². The first-order chi connectivity index (χ1) is 22.9. The van der Waals surface area contributed by atoms with Gasteiger partial charge in [0.2, 0.25) is 11.1 Å². The number of aromatic nitrogens is 4. The number of aliphatic hydroxyl groups excluding tert-OH is 2. The predicted octanol–water partition coefficient (Wildman–Crippen LogP) is 6.17. The number of aliphatic hydroxyl groups is 2. The Hall–Kier alpha value is -2.32. The first kappa shape index (κ1) is 35.5. The van der Waals surface area contributed by atoms with Crippen LogP contribution in [0.5, 0.6) is 5.75 Å². The van der Waals surface area contributed by atoms with Gasteiger partial charge in [0, 0.05) is 23.1 Å². The molecule has 2 aromatic heterocycles. The molecule has 1 saturated heterocycles. The highest BCUT2D eigenvalue weighted by Crippen LogP contribution is 2.63. The Kier molecular flexibility index (Phi) is 11.0. The SMILES string of the molecule is CN(c1nc(Cl)nc2c1ncn2[C@@H]1O[C@H](COP(=O)(Oc2cccc(Cl)c2)C(O[PH](=O)O)c2cccc(Cl)c2)[C@@H](O)[C@H]1O)C1CCCC1. The Morgan fingerprint density at radius 1 is 1.08 bits per heavy atom. The van der Waals surface area contributed by atoms with Gasteiger partial charge in [-0.05, 0) is 60.3 Å². The van der Waals surface area contributed by atoms with Crippen molar-refractivity contribution in [2.24, 2.45) is 0 Å². The van der Waals surface area contributed by atoms with Crippen LogP contribution in [-0.4, -0.2) is 72.6 Å². The Labute approximate surface area is 291 Å². The van der Waals surface area contributed by atoms with E-state index < -0.39 is 52.8 Å². The number of benzene rings is 2. The standard InChI is InChI=1S/C29H32Cl3N5O9P2/c1-36(19-9-2-3-10-19)25-22-26(35-29(32)34-25)37(15-33-22)27-24(39)23(38)21(44-27)14-43-48(42,46-20-11-5-8-18(31)13-20)28(45-47(40)41)16-6-4-7-17(30)12-16/h4-8,11-13,15,19,21,23-24,27-28,38-39,47H,2-3,9-10,14H2,1H3,(H,40,41)/t21-,23-,24-,27-,28?,48?/m1/s1. The van der Waals surface area contributed by atoms with Crippen LogP contribution in [0.4, 0.5) is 5.82 Å². The summed E-state index contributed by atoms with van der Waals surface area (Å²) < 4.78 is 50.9. The number of fused-ring (bicyclic) bond motifs is 1. The van der Waals surface area contributed by atoms with E-state index in [9.17, 15) is 24.2 Å². The van der Waals surface area contributed by atoms with E-state index in [0.717, 1.165) is 25.7 Å². The Morgan fingerprint density at radius 2 is 1.79 bits per heavy atom. The summed E-state index contributed by atoms with van der Waals surface area (Å²) in [5.74, 6) is -1.21. The van der Waals surface area contributed by atoms with Crippen molar-refractivity contribution >= 4 is 67.6 Å². The molecule has 1 saturated carbocycles. The topological polar surface area (TPSA) is 179 Å². The van der Waals surface area contributed by atoms with Gasteiger partial charge in [0.05, 0.1) is 12.9 Å². The van der Waals surface area contributed by atoms with Crippen molar-refractivity contribution in [3.05, 3.63) is 75.8 Å². The van der Waals surface area contributed by atoms with E-state index in [1.54, 1.807) is 18.2 Å². The van der Waals surface area contributed by atoms with Crippen LogP contribution in [-0.2, 0) is 22.9 Å². The van der Waals surface area contributed by atoms with Crippen LogP contribution >= 0.6 is 50.7 Å². The van der Waals surface area contributed by atoms with E-state index in [4.69, 9.17) is 53.1 Å². The monoisotopic (exact) mass is 761 g/mol. The zero-order chi connectivity index (χ0) is 34.2. The highest BCUT2D eigenvalue weighted by molar-refractivity contribution is 7.55. The molecule has 0 bridgehead atoms. The second kappa shape index (κ2) is 14.9. The van der Waals surface area contributed by atoms with Gasteiger partial charge in [-0.3, -0.25) is 18.2 Å². The number of nitrogens with zero attached hydrogens (tertiary/aromatic N) is 5. The molecule has 0 radical (unpaired) electrons. The lowest BCUT2D eigenvalue weighted by molar-refractivity contribution is -0.0491. The number of hydrogen-bond donors (Lipinski definition) is 3. The molecule has 2 fully saturated rings. The molecular formula is C29H32Cl3N5O9P2. The number of anilines is 1. The van der Waals surface area contributed by atoms with Crippen LogP contribution in [0.15, 0.2) is 54.9 Å². The van der Waals surface area contributed by atoms with E-state index in [2.05, 4.69) is 15.0 Å². The molecule has 3 unspecified atom stereocenters. The van der Waals surface area contributed by atoms with Gasteiger partial charge in [-0.2, -0.15) is 9.97 Å². The molecule has 3 heterocycles. The maximum atomic E-state index is 14.6. The summed E-state index contributed by atoms with van der Waals surface area (Å²) in [5, 5.41) is 22.6. The van der Waals surface area contributed by atoms with Crippen molar-refractivity contribution in [2.45, 2.75) is 62.1 Å². The third-order valence-electron chi connectivity index (χ3n) is 8.27. The Balaban J connectivity index is 1.29. The predicted molar refractivity (Wildman–Crippen MR) is 179 cm³/mol. The molecule has 2 aromatic carbocycles. The normalized spacial score (nSPS) is 24.1. The van der Waals surface area contributed by atoms with Crippen molar-refractivity contribution in [3.63, 3.8) is 0 Å². The van der Waals surface area contributed by atoms with Gasteiger partial charge in [0.25, 0.3) is 0 Å². The lowest BCUT2D eigenvalue weighted by atomic mass is 10.1. The summed E-state index contributed by atoms with van der Waals surface area (Å²) in [6.45, 7) is -0.614. The molecular weight excluding hydrogens is 731 g/mol. The first-order valence-electron chi connectivity index (χ1n) is 14.9. The van der Waals surface area contributed by atoms with Crippen molar-refractivity contribution < 1.29 is 42.5 Å². The highest BCUT2D eigenvalue weighted by atomic mass is 35.5. The molecule has 4 aromatic rings. The maximum Gasteiger partial charge on any atom is 0.413 e. The quantitative estimate of drug-likeness (QED) is 0.110. The van der Waals surface area contributed by atoms with Crippen LogP contribution in [0, 0.1) is 0 Å². The molecule has 1 aliphatic heterocycles. The Bertz CT molecular complexity index is 1850. The number of hydrogen-bond acceptors (Lipinski definition) is 12. The van der Waals surface area contributed by atoms with E-state index in [-0.39, 0.29) is 38.3 Å². The van der Waals surface area contributed by atoms with Crippen molar-refractivity contribution in [1.29, 1.82) is 0 Å². The maximum absolute atomic E-state index is 14.6. The second-order valence-electron chi connectivity index (χ2n) is 11.4. The van der Waals surface area contributed by atoms with Crippen molar-refractivity contribution in [1.82, 2.24) is 19.5 Å². The molecule has 0 spiro atoms. The summed E-state index contributed by atoms with van der Waals surface area (Å²) in [7, 11) is -6.43. The van der Waals surface area contributed by atoms with Gasteiger partial charge in [-0.15, -0.1) is 0 Å². The molecule has 2 aliphatic rings. The summed E-state index contributed by atoms with van der Waals surface area (Å²) in [4.78, 5) is 25.0. The molecule has 48 heavy (non-hydrogen) atoms. The van der Waals surface area contributed by atoms with Gasteiger partial charge < -0.3 is 29.3 Å². The van der Waals surface area contributed by atoms with E-state index in [1.807, 2.05) is 11.9 Å². The smallest absolute Gasteiger partial charge is 0.413 e. The Morgan fingerprint density at radius 3 is 2.48 bits per heavy atom.